The molecule has 0 amide bonds. The van der Waals surface area contributed by atoms with E-state index >= 15 is 0 Å². The van der Waals surface area contributed by atoms with Gasteiger partial charge >= 0.3 is 5.97 Å². The summed E-state index contributed by atoms with van der Waals surface area (Å²) in [5.41, 5.74) is 1.87. The fraction of sp³-hybridized carbons (Fsp3) is 0.722. The van der Waals surface area contributed by atoms with Crippen LogP contribution < -0.4 is 0 Å². The van der Waals surface area contributed by atoms with Gasteiger partial charge in [-0.3, -0.25) is 0 Å². The van der Waals surface area contributed by atoms with Gasteiger partial charge in [0, 0.05) is 12.2 Å². The lowest BCUT2D eigenvalue weighted by atomic mass is 9.99. The van der Waals surface area contributed by atoms with Crippen molar-refractivity contribution >= 4 is 14.3 Å². The number of rotatable bonds is 8. The van der Waals surface area contributed by atoms with E-state index in [1.54, 1.807) is 0 Å². The number of cyclic esters (lactones) is 1. The first-order chi connectivity index (χ1) is 10.1. The average molecular weight is 325 g/mol. The molecule has 0 saturated heterocycles. The Morgan fingerprint density at radius 2 is 1.95 bits per heavy atom. The predicted molar refractivity (Wildman–Crippen MR) is 94.4 cm³/mol. The third-order valence-electron chi connectivity index (χ3n) is 4.92. The van der Waals surface area contributed by atoms with E-state index in [9.17, 15) is 4.79 Å². The predicted octanol–water partition coefficient (Wildman–Crippen LogP) is 5.00. The Morgan fingerprint density at radius 3 is 2.50 bits per heavy atom. The Hall–Kier alpha value is -0.873. The zero-order chi connectivity index (χ0) is 17.0. The van der Waals surface area contributed by atoms with E-state index in [1.807, 2.05) is 13.0 Å². The number of esters is 1. The van der Waals surface area contributed by atoms with Gasteiger partial charge in [-0.15, -0.1) is 6.58 Å². The summed E-state index contributed by atoms with van der Waals surface area (Å²) in [4.78, 5) is 11.7. The molecule has 0 fully saturated rings. The third kappa shape index (κ3) is 4.82. The fourth-order valence-electron chi connectivity index (χ4n) is 2.31. The molecular formula is C18H32O3Si. The summed E-state index contributed by atoms with van der Waals surface area (Å²) >= 11 is 0. The van der Waals surface area contributed by atoms with Gasteiger partial charge in [-0.1, -0.05) is 26.8 Å². The molecule has 0 aromatic heterocycles. The Bertz CT molecular complexity index is 444. The van der Waals surface area contributed by atoms with Gasteiger partial charge in [0.1, 0.15) is 6.10 Å². The first-order valence-electron chi connectivity index (χ1n) is 8.25. The quantitative estimate of drug-likeness (QED) is 0.273. The summed E-state index contributed by atoms with van der Waals surface area (Å²) in [6.45, 7) is 17.7. The van der Waals surface area contributed by atoms with Crippen molar-refractivity contribution < 1.29 is 14.0 Å². The third-order valence-corrected chi connectivity index (χ3v) is 9.46. The molecule has 3 nitrogen and oxygen atoms in total. The molecule has 0 aromatic carbocycles. The topological polar surface area (TPSA) is 35.5 Å². The lowest BCUT2D eigenvalue weighted by Crippen LogP contribution is -2.40. The summed E-state index contributed by atoms with van der Waals surface area (Å²) in [5.74, 6) is -0.167. The maximum Gasteiger partial charge on any atom is 0.334 e. The second-order valence-electron chi connectivity index (χ2n) is 7.64. The highest BCUT2D eigenvalue weighted by Gasteiger charge is 2.37. The largest absolute Gasteiger partial charge is 0.454 e. The van der Waals surface area contributed by atoms with Crippen LogP contribution in [0.4, 0.5) is 0 Å². The molecule has 1 unspecified atom stereocenters. The van der Waals surface area contributed by atoms with Crippen molar-refractivity contribution in [1.82, 2.24) is 0 Å². The van der Waals surface area contributed by atoms with Crippen LogP contribution in [0.5, 0.6) is 0 Å². The Morgan fingerprint density at radius 1 is 1.32 bits per heavy atom. The van der Waals surface area contributed by atoms with Crippen LogP contribution in [0.1, 0.15) is 53.4 Å². The molecule has 0 radical (unpaired) electrons. The zero-order valence-electron chi connectivity index (χ0n) is 15.1. The maximum absolute atomic E-state index is 11.7. The van der Waals surface area contributed by atoms with Gasteiger partial charge in [-0.05, 0) is 56.3 Å². The lowest BCUT2D eigenvalue weighted by molar-refractivity contribution is -0.139. The molecule has 1 aliphatic rings. The fourth-order valence-corrected chi connectivity index (χ4v) is 3.40. The van der Waals surface area contributed by atoms with Crippen LogP contribution in [0, 0.1) is 0 Å². The highest BCUT2D eigenvalue weighted by molar-refractivity contribution is 6.74. The van der Waals surface area contributed by atoms with E-state index in [2.05, 4.69) is 40.4 Å². The van der Waals surface area contributed by atoms with Crippen LogP contribution in [0.2, 0.25) is 18.1 Å². The van der Waals surface area contributed by atoms with Gasteiger partial charge in [-0.25, -0.2) is 4.79 Å². The van der Waals surface area contributed by atoms with Crippen LogP contribution in [0.3, 0.4) is 0 Å². The molecule has 1 atom stereocenters. The van der Waals surface area contributed by atoms with Crippen LogP contribution in [0.15, 0.2) is 23.8 Å². The molecule has 0 N–H and O–H groups in total. The van der Waals surface area contributed by atoms with Gasteiger partial charge < -0.3 is 9.16 Å². The van der Waals surface area contributed by atoms with Gasteiger partial charge in [0.25, 0.3) is 0 Å². The van der Waals surface area contributed by atoms with Crippen LogP contribution in [-0.2, 0) is 14.0 Å². The minimum absolute atomic E-state index is 0.0571. The maximum atomic E-state index is 11.7. The first-order valence-corrected chi connectivity index (χ1v) is 11.2. The standard InChI is InChI=1S/C18H32O3Si/c1-8-11-15-14(2)17(19)21-16(15)12-9-10-13-20-22(6,7)18(3,4)5/h8,16H,1,9-13H2,2-7H3. The minimum atomic E-state index is -1.64. The second kappa shape index (κ2) is 7.60. The Balaban J connectivity index is 2.37. The SMILES string of the molecule is C=CCC1=C(C)C(=O)OC1CCCCO[Si](C)(C)C(C)(C)C. The van der Waals surface area contributed by atoms with Crippen LogP contribution in [-0.4, -0.2) is 27.0 Å². The van der Waals surface area contributed by atoms with Gasteiger partial charge in [0.2, 0.25) is 0 Å². The highest BCUT2D eigenvalue weighted by atomic mass is 28.4. The van der Waals surface area contributed by atoms with Gasteiger partial charge in [-0.2, -0.15) is 0 Å². The molecule has 0 aromatic rings. The molecule has 126 valence electrons. The zero-order valence-corrected chi connectivity index (χ0v) is 16.1. The summed E-state index contributed by atoms with van der Waals surface area (Å²) < 4.78 is 11.6. The number of carbonyl (C=O) groups excluding carboxylic acids is 1. The molecule has 1 aliphatic heterocycles. The number of hydrogen-bond acceptors (Lipinski definition) is 3. The van der Waals surface area contributed by atoms with Crippen molar-refractivity contribution in [3.05, 3.63) is 23.8 Å². The Labute approximate surface area is 136 Å². The van der Waals surface area contributed by atoms with E-state index in [0.29, 0.717) is 0 Å². The number of ether oxygens (including phenoxy) is 1. The molecule has 0 aliphatic carbocycles. The average Bonchev–Trinajstić information content (AvgIpc) is 2.65. The van der Waals surface area contributed by atoms with Crippen molar-refractivity contribution in [3.8, 4) is 0 Å². The number of unbranched alkanes of at least 4 members (excludes halogenated alkanes) is 1. The molecule has 1 rings (SSSR count). The molecule has 0 spiro atoms. The van der Waals surface area contributed by atoms with Crippen molar-refractivity contribution in [1.29, 1.82) is 0 Å². The number of allylic oxidation sites excluding steroid dienone is 1. The van der Waals surface area contributed by atoms with Gasteiger partial charge in [0.15, 0.2) is 8.32 Å². The summed E-state index contributed by atoms with van der Waals surface area (Å²) in [7, 11) is -1.64. The van der Waals surface area contributed by atoms with Crippen molar-refractivity contribution in [3.63, 3.8) is 0 Å². The van der Waals surface area contributed by atoms with Gasteiger partial charge in [0.05, 0.1) is 0 Å². The molecule has 1 heterocycles. The molecule has 22 heavy (non-hydrogen) atoms. The lowest BCUT2D eigenvalue weighted by Gasteiger charge is -2.36. The molecule has 0 saturated carbocycles. The number of hydrogen-bond donors (Lipinski definition) is 0. The monoisotopic (exact) mass is 324 g/mol. The van der Waals surface area contributed by atoms with E-state index in [0.717, 1.165) is 43.4 Å². The highest BCUT2D eigenvalue weighted by Crippen LogP contribution is 2.36. The molecular weight excluding hydrogens is 292 g/mol. The first kappa shape index (κ1) is 19.2. The second-order valence-corrected chi connectivity index (χ2v) is 12.5. The minimum Gasteiger partial charge on any atom is -0.454 e. The van der Waals surface area contributed by atoms with E-state index in [-0.39, 0.29) is 17.1 Å². The van der Waals surface area contributed by atoms with E-state index < -0.39 is 8.32 Å². The Kier molecular flexibility index (Phi) is 6.62. The van der Waals surface area contributed by atoms with Crippen molar-refractivity contribution in [2.75, 3.05) is 6.61 Å². The normalized spacial score (nSPS) is 19.5. The van der Waals surface area contributed by atoms with E-state index in [1.165, 1.54) is 0 Å². The molecule has 0 bridgehead atoms. The number of carbonyl (C=O) groups is 1. The van der Waals surface area contributed by atoms with Crippen molar-refractivity contribution in [2.45, 2.75) is 77.6 Å². The van der Waals surface area contributed by atoms with Crippen LogP contribution in [0.25, 0.3) is 0 Å². The summed E-state index contributed by atoms with van der Waals surface area (Å²) in [6.07, 6.45) is 5.43. The molecule has 4 heteroatoms. The summed E-state index contributed by atoms with van der Waals surface area (Å²) in [5, 5.41) is 0.255. The smallest absolute Gasteiger partial charge is 0.334 e. The van der Waals surface area contributed by atoms with E-state index in [4.69, 9.17) is 9.16 Å². The van der Waals surface area contributed by atoms with Crippen molar-refractivity contribution in [2.24, 2.45) is 0 Å². The van der Waals surface area contributed by atoms with Crippen LogP contribution >= 0.6 is 0 Å². The summed E-state index contributed by atoms with van der Waals surface area (Å²) in [6, 6.07) is 0.